The number of nitrogens with zero attached hydrogens (tertiary/aromatic N) is 5. The second kappa shape index (κ2) is 12.0. The summed E-state index contributed by atoms with van der Waals surface area (Å²) in [7, 11) is 0. The van der Waals surface area contributed by atoms with Gasteiger partial charge in [0, 0.05) is 38.3 Å². The Labute approximate surface area is 216 Å². The van der Waals surface area contributed by atoms with Gasteiger partial charge in [0.2, 0.25) is 17.7 Å². The van der Waals surface area contributed by atoms with Gasteiger partial charge in [-0.05, 0) is 37.8 Å². The van der Waals surface area contributed by atoms with Crippen LogP contribution in [0.5, 0.6) is 11.6 Å². The lowest BCUT2D eigenvalue weighted by Crippen LogP contribution is -2.37. The summed E-state index contributed by atoms with van der Waals surface area (Å²) in [4.78, 5) is 31.3. The van der Waals surface area contributed by atoms with Crippen molar-refractivity contribution < 1.29 is 19.0 Å². The number of ether oxygens (including phenoxy) is 3. The number of morpholine rings is 1. The number of hydrogen-bond donors (Lipinski definition) is 2. The lowest BCUT2D eigenvalue weighted by atomic mass is 9.93. The maximum absolute atomic E-state index is 10.9. The van der Waals surface area contributed by atoms with Gasteiger partial charge in [0.15, 0.2) is 5.75 Å². The van der Waals surface area contributed by atoms with E-state index in [2.05, 4.69) is 30.5 Å². The quantitative estimate of drug-likeness (QED) is 0.418. The predicted molar refractivity (Wildman–Crippen MR) is 139 cm³/mol. The summed E-state index contributed by atoms with van der Waals surface area (Å²) >= 11 is 0. The predicted octanol–water partition coefficient (Wildman–Crippen LogP) is 2.57. The molecule has 0 spiro atoms. The van der Waals surface area contributed by atoms with E-state index in [4.69, 9.17) is 19.2 Å². The molecule has 1 saturated carbocycles. The molecule has 1 amide bonds. The Hall–Kier alpha value is -3.73. The third kappa shape index (κ3) is 6.73. The van der Waals surface area contributed by atoms with Crippen LogP contribution in [0.2, 0.25) is 0 Å². The van der Waals surface area contributed by atoms with Crippen molar-refractivity contribution in [3.8, 4) is 11.6 Å². The minimum atomic E-state index is -0.0809. The number of hydrogen-bond acceptors (Lipinski definition) is 10. The van der Waals surface area contributed by atoms with Gasteiger partial charge in [-0.2, -0.15) is 4.98 Å². The maximum Gasteiger partial charge on any atom is 0.225 e. The summed E-state index contributed by atoms with van der Waals surface area (Å²) in [5, 5.41) is 7.04. The highest BCUT2D eigenvalue weighted by atomic mass is 16.5. The zero-order valence-corrected chi connectivity index (χ0v) is 21.1. The van der Waals surface area contributed by atoms with E-state index in [-0.39, 0.29) is 18.1 Å². The molecule has 1 saturated heterocycles. The number of pyridine rings is 2. The molecule has 196 valence electrons. The van der Waals surface area contributed by atoms with E-state index in [9.17, 15) is 4.79 Å². The highest BCUT2D eigenvalue weighted by Gasteiger charge is 2.25. The molecule has 11 nitrogen and oxygen atoms in total. The third-order valence-corrected chi connectivity index (χ3v) is 6.54. The minimum absolute atomic E-state index is 0.0809. The van der Waals surface area contributed by atoms with Crippen LogP contribution < -0.4 is 25.0 Å². The summed E-state index contributed by atoms with van der Waals surface area (Å²) in [6, 6.07) is 6.25. The molecule has 0 atom stereocenters. The van der Waals surface area contributed by atoms with Crippen LogP contribution in [-0.2, 0) is 9.53 Å². The first kappa shape index (κ1) is 24.9. The molecule has 2 N–H and O–H groups in total. The van der Waals surface area contributed by atoms with Crippen molar-refractivity contribution in [1.29, 1.82) is 0 Å². The molecular formula is C26H33N7O4. The van der Waals surface area contributed by atoms with Gasteiger partial charge >= 0.3 is 0 Å². The van der Waals surface area contributed by atoms with Gasteiger partial charge < -0.3 is 29.7 Å². The molecule has 3 aromatic rings. The van der Waals surface area contributed by atoms with Gasteiger partial charge in [0.1, 0.15) is 18.5 Å². The number of amides is 1. The molecule has 0 aromatic carbocycles. The first-order valence-electron chi connectivity index (χ1n) is 12.8. The fourth-order valence-corrected chi connectivity index (χ4v) is 4.60. The standard InChI is InChI=1S/C26H33N7O4/c1-18(34)27-9-12-36-21-16-29-26(30-17-21)31-19-4-6-20(7-5-19)37-25-22-3-2-8-28-23(22)15-24(32-25)33-10-13-35-14-11-33/h2-3,8,15-17,19-20H,4-7,9-14H2,1H3,(H,27,34)(H,29,30,31)/t19-,20+. The van der Waals surface area contributed by atoms with Crippen LogP contribution in [0, 0.1) is 0 Å². The molecule has 11 heteroatoms. The van der Waals surface area contributed by atoms with Crippen LogP contribution in [0.15, 0.2) is 36.8 Å². The van der Waals surface area contributed by atoms with E-state index < -0.39 is 0 Å². The van der Waals surface area contributed by atoms with Crippen LogP contribution in [-0.4, -0.2) is 77.4 Å². The van der Waals surface area contributed by atoms with Gasteiger partial charge in [-0.15, -0.1) is 0 Å². The number of nitrogens with one attached hydrogen (secondary N) is 2. The lowest BCUT2D eigenvalue weighted by molar-refractivity contribution is -0.119. The van der Waals surface area contributed by atoms with Gasteiger partial charge in [-0.3, -0.25) is 9.78 Å². The van der Waals surface area contributed by atoms with Crippen LogP contribution in [0.4, 0.5) is 11.8 Å². The van der Waals surface area contributed by atoms with E-state index in [0.717, 1.165) is 55.5 Å². The van der Waals surface area contributed by atoms with Crippen molar-refractivity contribution in [3.63, 3.8) is 0 Å². The van der Waals surface area contributed by atoms with Gasteiger partial charge in [-0.1, -0.05) is 0 Å². The highest BCUT2D eigenvalue weighted by Crippen LogP contribution is 2.31. The number of carbonyl (C=O) groups is 1. The van der Waals surface area contributed by atoms with E-state index in [0.29, 0.717) is 43.9 Å². The zero-order valence-electron chi connectivity index (χ0n) is 21.1. The average molecular weight is 508 g/mol. The smallest absolute Gasteiger partial charge is 0.225 e. The first-order chi connectivity index (χ1) is 18.1. The van der Waals surface area contributed by atoms with Gasteiger partial charge in [0.25, 0.3) is 0 Å². The summed E-state index contributed by atoms with van der Waals surface area (Å²) in [5.74, 6) is 2.61. The first-order valence-corrected chi connectivity index (χ1v) is 12.8. The van der Waals surface area contributed by atoms with Gasteiger partial charge in [0.05, 0.1) is 43.1 Å². The molecule has 37 heavy (non-hydrogen) atoms. The van der Waals surface area contributed by atoms with Crippen LogP contribution in [0.3, 0.4) is 0 Å². The number of carbonyl (C=O) groups excluding carboxylic acids is 1. The van der Waals surface area contributed by atoms with E-state index in [1.165, 1.54) is 6.92 Å². The fraction of sp³-hybridized carbons (Fsp3) is 0.500. The van der Waals surface area contributed by atoms with E-state index in [1.807, 2.05) is 18.2 Å². The molecule has 1 aliphatic heterocycles. The molecule has 0 bridgehead atoms. The van der Waals surface area contributed by atoms with Gasteiger partial charge in [-0.25, -0.2) is 9.97 Å². The summed E-state index contributed by atoms with van der Waals surface area (Å²) in [6.45, 7) is 5.32. The number of anilines is 2. The molecule has 1 aliphatic carbocycles. The minimum Gasteiger partial charge on any atom is -0.489 e. The maximum atomic E-state index is 10.9. The molecular weight excluding hydrogens is 474 g/mol. The molecule has 0 unspecified atom stereocenters. The number of rotatable bonds is 9. The lowest BCUT2D eigenvalue weighted by Gasteiger charge is -2.31. The zero-order chi connectivity index (χ0) is 25.5. The summed E-state index contributed by atoms with van der Waals surface area (Å²) < 4.78 is 17.5. The Balaban J connectivity index is 1.14. The van der Waals surface area contributed by atoms with Crippen molar-refractivity contribution in [1.82, 2.24) is 25.3 Å². The largest absolute Gasteiger partial charge is 0.489 e. The third-order valence-electron chi connectivity index (χ3n) is 6.54. The average Bonchev–Trinajstić information content (AvgIpc) is 2.93. The normalized spacial score (nSPS) is 19.9. The van der Waals surface area contributed by atoms with Crippen LogP contribution >= 0.6 is 0 Å². The van der Waals surface area contributed by atoms with E-state index >= 15 is 0 Å². The SMILES string of the molecule is CC(=O)NCCOc1cnc(N[C@H]2CC[C@@H](Oc3nc(N4CCOCC4)cc4ncccc34)CC2)nc1. The molecule has 5 rings (SSSR count). The molecule has 4 heterocycles. The van der Waals surface area contributed by atoms with Crippen molar-refractivity contribution in [2.75, 3.05) is 49.7 Å². The van der Waals surface area contributed by atoms with Crippen molar-refractivity contribution in [2.24, 2.45) is 0 Å². The number of aromatic nitrogens is 4. The Morgan fingerprint density at radius 2 is 1.92 bits per heavy atom. The van der Waals surface area contributed by atoms with Crippen LogP contribution in [0.1, 0.15) is 32.6 Å². The Morgan fingerprint density at radius 3 is 2.68 bits per heavy atom. The topological polar surface area (TPSA) is 124 Å². The van der Waals surface area contributed by atoms with Crippen molar-refractivity contribution in [3.05, 3.63) is 36.8 Å². The Bertz CT molecular complexity index is 1180. The fourth-order valence-electron chi connectivity index (χ4n) is 4.60. The monoisotopic (exact) mass is 507 g/mol. The number of fused-ring (bicyclic) bond motifs is 1. The second-order valence-corrected chi connectivity index (χ2v) is 9.26. The Kier molecular flexibility index (Phi) is 8.09. The van der Waals surface area contributed by atoms with Crippen molar-refractivity contribution in [2.45, 2.75) is 44.8 Å². The van der Waals surface area contributed by atoms with Crippen molar-refractivity contribution >= 4 is 28.6 Å². The highest BCUT2D eigenvalue weighted by molar-refractivity contribution is 5.85. The molecule has 0 radical (unpaired) electrons. The van der Waals surface area contributed by atoms with E-state index in [1.54, 1.807) is 18.6 Å². The summed E-state index contributed by atoms with van der Waals surface area (Å²) in [5.41, 5.74) is 0.893. The Morgan fingerprint density at radius 1 is 1.14 bits per heavy atom. The summed E-state index contributed by atoms with van der Waals surface area (Å²) in [6.07, 6.45) is 8.90. The van der Waals surface area contributed by atoms with Crippen LogP contribution in [0.25, 0.3) is 10.9 Å². The molecule has 2 fully saturated rings. The second-order valence-electron chi connectivity index (χ2n) is 9.26. The molecule has 2 aliphatic rings. The molecule has 3 aromatic heterocycles.